The average molecular weight is 479 g/mol. The number of hydrogen-bond donors (Lipinski definition) is 4. The van der Waals surface area contributed by atoms with Crippen LogP contribution in [-0.4, -0.2) is 55.7 Å². The first kappa shape index (κ1) is 23.2. The first-order valence-corrected chi connectivity index (χ1v) is 11.7. The first-order valence-electron chi connectivity index (χ1n) is 11.7. The molecule has 1 aliphatic heterocycles. The van der Waals surface area contributed by atoms with E-state index >= 15 is 0 Å². The summed E-state index contributed by atoms with van der Waals surface area (Å²) < 4.78 is 0. The van der Waals surface area contributed by atoms with Crippen molar-refractivity contribution in [3.63, 3.8) is 0 Å². The van der Waals surface area contributed by atoms with Gasteiger partial charge in [-0.1, -0.05) is 18.2 Å². The van der Waals surface area contributed by atoms with E-state index in [1.807, 2.05) is 56.5 Å². The Hall–Kier alpha value is -4.59. The van der Waals surface area contributed by atoms with Crippen LogP contribution in [0.25, 0.3) is 22.0 Å². The van der Waals surface area contributed by atoms with Gasteiger partial charge in [-0.3, -0.25) is 15.8 Å². The minimum absolute atomic E-state index is 0.00823. The van der Waals surface area contributed by atoms with E-state index in [4.69, 9.17) is 21.5 Å². The quantitative estimate of drug-likeness (QED) is 0.250. The van der Waals surface area contributed by atoms with Crippen molar-refractivity contribution in [3.8, 4) is 11.1 Å². The highest BCUT2D eigenvalue weighted by molar-refractivity contribution is 6.15. The molecular formula is C28H30N8. The average Bonchev–Trinajstić information content (AvgIpc) is 3.50. The minimum Gasteiger partial charge on any atom is -0.370 e. The number of nitrogens with zero attached hydrogens (tertiary/aromatic N) is 4. The maximum Gasteiger partial charge on any atom is 0.197 e. The normalized spacial score (nSPS) is 12.3. The van der Waals surface area contributed by atoms with E-state index in [0.29, 0.717) is 5.96 Å². The molecule has 0 bridgehead atoms. The SMILES string of the molecule is CN(C)C(=N)N(C)c1ccc(-c2ccc3[nH]cc(C4=Nc5ccc(N(C)C(=N)N)cc5C4)c3c2)cc1. The fourth-order valence-corrected chi connectivity index (χ4v) is 4.53. The van der Waals surface area contributed by atoms with Crippen LogP contribution in [0.15, 0.2) is 71.9 Å². The standard InChI is InChI=1S/C28H30N8/c1-34(2)28(31)36(4)20-8-5-17(6-9-20)18-7-11-25-22(14-18)23(16-32-25)26-15-19-13-21(35(3)27(29)30)10-12-24(19)33-26/h5-14,16,31-32H,15H2,1-4H3,(H3,29,30). The maximum absolute atomic E-state index is 8.20. The third-order valence-corrected chi connectivity index (χ3v) is 6.75. The largest absolute Gasteiger partial charge is 0.370 e. The number of anilines is 2. The number of hydrogen-bond acceptors (Lipinski definition) is 3. The van der Waals surface area contributed by atoms with Gasteiger partial charge in [0, 0.05) is 68.6 Å². The summed E-state index contributed by atoms with van der Waals surface area (Å²) in [6.45, 7) is 0. The molecule has 2 heterocycles. The number of aliphatic imine (C=N–C) groups is 1. The second-order valence-electron chi connectivity index (χ2n) is 9.28. The van der Waals surface area contributed by atoms with Gasteiger partial charge in [0.05, 0.1) is 11.4 Å². The Morgan fingerprint density at radius 2 is 1.56 bits per heavy atom. The van der Waals surface area contributed by atoms with Gasteiger partial charge in [0.25, 0.3) is 0 Å². The first-order chi connectivity index (χ1) is 17.2. The van der Waals surface area contributed by atoms with Crippen LogP contribution in [0.5, 0.6) is 0 Å². The van der Waals surface area contributed by atoms with Crippen LogP contribution in [0.4, 0.5) is 17.1 Å². The fraction of sp³-hybridized carbons (Fsp3) is 0.179. The van der Waals surface area contributed by atoms with Crippen LogP contribution in [0, 0.1) is 10.8 Å². The van der Waals surface area contributed by atoms with Crippen LogP contribution < -0.4 is 15.5 Å². The summed E-state index contributed by atoms with van der Waals surface area (Å²) in [6.07, 6.45) is 2.76. The molecule has 3 aromatic carbocycles. The second kappa shape index (κ2) is 8.88. The van der Waals surface area contributed by atoms with Gasteiger partial charge < -0.3 is 25.4 Å². The lowest BCUT2D eigenvalue weighted by Gasteiger charge is -2.25. The van der Waals surface area contributed by atoms with Crippen LogP contribution in [-0.2, 0) is 6.42 Å². The van der Waals surface area contributed by atoms with E-state index in [1.165, 1.54) is 0 Å². The second-order valence-corrected chi connectivity index (χ2v) is 9.28. The van der Waals surface area contributed by atoms with Gasteiger partial charge in [0.1, 0.15) is 0 Å². The molecular weight excluding hydrogens is 448 g/mol. The Kier molecular flexibility index (Phi) is 5.72. The zero-order chi connectivity index (χ0) is 25.6. The zero-order valence-electron chi connectivity index (χ0n) is 20.9. The summed E-state index contributed by atoms with van der Waals surface area (Å²) in [7, 11) is 7.43. The van der Waals surface area contributed by atoms with Crippen molar-refractivity contribution in [3.05, 3.63) is 78.0 Å². The van der Waals surface area contributed by atoms with E-state index in [1.54, 1.807) is 16.8 Å². The summed E-state index contributed by atoms with van der Waals surface area (Å²) >= 11 is 0. The Balaban J connectivity index is 1.43. The molecule has 5 N–H and O–H groups in total. The van der Waals surface area contributed by atoms with E-state index in [-0.39, 0.29) is 5.96 Å². The van der Waals surface area contributed by atoms with E-state index in [2.05, 4.69) is 41.4 Å². The van der Waals surface area contributed by atoms with Gasteiger partial charge in [0.2, 0.25) is 0 Å². The molecule has 36 heavy (non-hydrogen) atoms. The number of fused-ring (bicyclic) bond motifs is 2. The molecule has 0 saturated carbocycles. The minimum atomic E-state index is 0.00823. The van der Waals surface area contributed by atoms with E-state index < -0.39 is 0 Å². The summed E-state index contributed by atoms with van der Waals surface area (Å²) in [5, 5.41) is 17.0. The third kappa shape index (κ3) is 4.07. The predicted molar refractivity (Wildman–Crippen MR) is 150 cm³/mol. The monoisotopic (exact) mass is 478 g/mol. The number of H-pyrrole nitrogens is 1. The van der Waals surface area contributed by atoms with Crippen LogP contribution in [0.1, 0.15) is 11.1 Å². The number of aromatic amines is 1. The van der Waals surface area contributed by atoms with Crippen molar-refractivity contribution < 1.29 is 0 Å². The van der Waals surface area contributed by atoms with E-state index in [9.17, 15) is 0 Å². The number of rotatable bonds is 4. The zero-order valence-corrected chi connectivity index (χ0v) is 20.9. The summed E-state index contributed by atoms with van der Waals surface area (Å²) in [6, 6.07) is 20.7. The van der Waals surface area contributed by atoms with Gasteiger partial charge in [0.15, 0.2) is 11.9 Å². The highest BCUT2D eigenvalue weighted by atomic mass is 15.3. The van der Waals surface area contributed by atoms with Gasteiger partial charge in [-0.05, 0) is 59.2 Å². The smallest absolute Gasteiger partial charge is 0.197 e. The van der Waals surface area contributed by atoms with Crippen molar-refractivity contribution in [2.45, 2.75) is 6.42 Å². The molecule has 1 aliphatic rings. The molecule has 0 amide bonds. The van der Waals surface area contributed by atoms with Crippen molar-refractivity contribution in [1.29, 1.82) is 10.8 Å². The van der Waals surface area contributed by atoms with Crippen LogP contribution >= 0.6 is 0 Å². The molecule has 8 heteroatoms. The Labute approximate surface area is 210 Å². The molecule has 1 aromatic heterocycles. The van der Waals surface area contributed by atoms with Gasteiger partial charge in [-0.25, -0.2) is 0 Å². The topological polar surface area (TPSA) is 112 Å². The van der Waals surface area contributed by atoms with Crippen molar-refractivity contribution >= 4 is 45.6 Å². The number of nitrogens with two attached hydrogens (primary N) is 1. The highest BCUT2D eigenvalue weighted by Crippen LogP contribution is 2.35. The molecule has 0 atom stereocenters. The molecule has 0 unspecified atom stereocenters. The molecule has 0 saturated heterocycles. The van der Waals surface area contributed by atoms with Crippen molar-refractivity contribution in [2.75, 3.05) is 38.0 Å². The lowest BCUT2D eigenvalue weighted by atomic mass is 9.99. The maximum atomic E-state index is 8.20. The molecule has 182 valence electrons. The van der Waals surface area contributed by atoms with Crippen molar-refractivity contribution in [1.82, 2.24) is 9.88 Å². The van der Waals surface area contributed by atoms with Gasteiger partial charge in [-0.2, -0.15) is 0 Å². The molecule has 4 aromatic rings. The number of benzene rings is 3. The lowest BCUT2D eigenvalue weighted by Crippen LogP contribution is -2.37. The Morgan fingerprint density at radius 3 is 2.25 bits per heavy atom. The molecule has 0 fully saturated rings. The third-order valence-electron chi connectivity index (χ3n) is 6.75. The van der Waals surface area contributed by atoms with Gasteiger partial charge >= 0.3 is 0 Å². The van der Waals surface area contributed by atoms with Crippen LogP contribution in [0.3, 0.4) is 0 Å². The van der Waals surface area contributed by atoms with Crippen molar-refractivity contribution in [2.24, 2.45) is 10.7 Å². The molecule has 0 radical (unpaired) electrons. The lowest BCUT2D eigenvalue weighted by molar-refractivity contribution is 0.603. The van der Waals surface area contributed by atoms with E-state index in [0.717, 1.165) is 62.4 Å². The molecule has 8 nitrogen and oxygen atoms in total. The van der Waals surface area contributed by atoms with Gasteiger partial charge in [-0.15, -0.1) is 0 Å². The highest BCUT2D eigenvalue weighted by Gasteiger charge is 2.20. The summed E-state index contributed by atoms with van der Waals surface area (Å²) in [5.74, 6) is 0.438. The molecule has 0 spiro atoms. The predicted octanol–water partition coefficient (Wildman–Crippen LogP) is 4.77. The molecule has 0 aliphatic carbocycles. The Bertz CT molecular complexity index is 1510. The summed E-state index contributed by atoms with van der Waals surface area (Å²) in [4.78, 5) is 13.6. The summed E-state index contributed by atoms with van der Waals surface area (Å²) in [5.41, 5.74) is 15.0. The number of nitrogens with one attached hydrogen (secondary N) is 3. The Morgan fingerprint density at radius 1 is 0.861 bits per heavy atom. The molecule has 5 rings (SSSR count). The number of guanidine groups is 2. The fourth-order valence-electron chi connectivity index (χ4n) is 4.53. The number of aromatic nitrogens is 1. The van der Waals surface area contributed by atoms with Crippen LogP contribution in [0.2, 0.25) is 0 Å².